The molecule has 2 N–H and O–H groups in total. The fourth-order valence-electron chi connectivity index (χ4n) is 1.49. The van der Waals surface area contributed by atoms with Crippen LogP contribution in [0.15, 0.2) is 15.6 Å². The van der Waals surface area contributed by atoms with Gasteiger partial charge in [0.25, 0.3) is 0 Å². The Morgan fingerprint density at radius 2 is 2.22 bits per heavy atom. The minimum Gasteiger partial charge on any atom is -0.466 e. The second-order valence-electron chi connectivity index (χ2n) is 3.88. The molecule has 0 aliphatic carbocycles. The number of aryl methyl sites for hydroxylation is 2. The molecule has 0 amide bonds. The minimum absolute atomic E-state index is 0.476. The number of hydrogen-bond acceptors (Lipinski definition) is 4. The van der Waals surface area contributed by atoms with Crippen LogP contribution in [0.1, 0.15) is 24.0 Å². The molecule has 1 heterocycles. The Balaban J connectivity index is 2.51. The fraction of sp³-hybridized carbons (Fsp3) is 0.500. The summed E-state index contributed by atoms with van der Waals surface area (Å²) in [6.07, 6.45) is 0. The average Bonchev–Trinajstić information content (AvgIpc) is 2.66. The maximum Gasteiger partial charge on any atom is 0.187 e. The van der Waals surface area contributed by atoms with E-state index in [4.69, 9.17) is 21.4 Å². The summed E-state index contributed by atoms with van der Waals surface area (Å²) in [5.74, 6) is 1.73. The van der Waals surface area contributed by atoms with Crippen LogP contribution >= 0.6 is 12.2 Å². The first kappa shape index (κ1) is 14.7. The molecule has 0 aromatic carbocycles. The summed E-state index contributed by atoms with van der Waals surface area (Å²) in [6, 6.07) is 1.96. The highest BCUT2D eigenvalue weighted by atomic mass is 32.1. The first-order valence-corrected chi connectivity index (χ1v) is 6.10. The SMILES string of the molecule is COCCNC(=S)N/N=C(/C)c1cc(C)oc1C. The number of furan rings is 1. The van der Waals surface area contributed by atoms with Gasteiger partial charge in [-0.1, -0.05) is 0 Å². The quantitative estimate of drug-likeness (QED) is 0.369. The molecular weight excluding hydrogens is 250 g/mol. The maximum absolute atomic E-state index is 5.45. The van der Waals surface area contributed by atoms with E-state index in [1.54, 1.807) is 7.11 Å². The molecule has 0 aliphatic rings. The van der Waals surface area contributed by atoms with E-state index >= 15 is 0 Å². The van der Waals surface area contributed by atoms with Crippen LogP contribution in [0.4, 0.5) is 0 Å². The van der Waals surface area contributed by atoms with Crippen LogP contribution in [0.5, 0.6) is 0 Å². The second kappa shape index (κ2) is 7.13. The van der Waals surface area contributed by atoms with Gasteiger partial charge < -0.3 is 14.5 Å². The largest absolute Gasteiger partial charge is 0.466 e. The molecule has 0 spiro atoms. The number of thiocarbonyl (C=S) groups is 1. The molecular formula is C12H19N3O2S. The van der Waals surface area contributed by atoms with E-state index in [0.717, 1.165) is 22.8 Å². The molecule has 6 heteroatoms. The molecule has 0 saturated carbocycles. The number of ether oxygens (including phenoxy) is 1. The second-order valence-corrected chi connectivity index (χ2v) is 4.29. The Morgan fingerprint density at radius 1 is 1.50 bits per heavy atom. The number of hydrogen-bond donors (Lipinski definition) is 2. The van der Waals surface area contributed by atoms with Gasteiger partial charge in [0.1, 0.15) is 11.5 Å². The standard InChI is InChI=1S/C12H19N3O2S/c1-8-7-11(10(3)17-8)9(2)14-15-12(18)13-5-6-16-4/h7H,5-6H2,1-4H3,(H2,13,15,18)/b14-9-. The molecule has 100 valence electrons. The molecule has 1 aromatic rings. The molecule has 0 atom stereocenters. The Morgan fingerprint density at radius 3 is 2.78 bits per heavy atom. The van der Waals surface area contributed by atoms with E-state index in [0.29, 0.717) is 18.3 Å². The molecule has 0 saturated heterocycles. The molecule has 0 radical (unpaired) electrons. The summed E-state index contributed by atoms with van der Waals surface area (Å²) in [6.45, 7) is 6.98. The topological polar surface area (TPSA) is 58.8 Å². The molecule has 5 nitrogen and oxygen atoms in total. The molecule has 0 bridgehead atoms. The van der Waals surface area contributed by atoms with Crippen molar-refractivity contribution in [1.82, 2.24) is 10.7 Å². The highest BCUT2D eigenvalue weighted by Gasteiger charge is 2.07. The van der Waals surface area contributed by atoms with Crippen molar-refractivity contribution in [1.29, 1.82) is 0 Å². The van der Waals surface area contributed by atoms with E-state index in [2.05, 4.69) is 15.8 Å². The highest BCUT2D eigenvalue weighted by Crippen LogP contribution is 2.14. The summed E-state index contributed by atoms with van der Waals surface area (Å²) in [5.41, 5.74) is 4.61. The third-order valence-corrected chi connectivity index (χ3v) is 2.58. The summed E-state index contributed by atoms with van der Waals surface area (Å²) in [5, 5.41) is 7.66. The number of methoxy groups -OCH3 is 1. The Bertz CT molecular complexity index is 441. The van der Waals surface area contributed by atoms with Crippen LogP contribution in [0, 0.1) is 13.8 Å². The monoisotopic (exact) mass is 269 g/mol. The summed E-state index contributed by atoms with van der Waals surface area (Å²) >= 11 is 5.07. The van der Waals surface area contributed by atoms with Crippen molar-refractivity contribution >= 4 is 23.0 Å². The van der Waals surface area contributed by atoms with Crippen LogP contribution < -0.4 is 10.7 Å². The predicted octanol–water partition coefficient (Wildman–Crippen LogP) is 1.73. The lowest BCUT2D eigenvalue weighted by Crippen LogP contribution is -2.34. The van der Waals surface area contributed by atoms with E-state index in [1.165, 1.54) is 0 Å². The number of rotatable bonds is 5. The predicted molar refractivity (Wildman–Crippen MR) is 76.0 cm³/mol. The summed E-state index contributed by atoms with van der Waals surface area (Å²) in [4.78, 5) is 0. The number of nitrogens with zero attached hydrogens (tertiary/aromatic N) is 1. The lowest BCUT2D eigenvalue weighted by atomic mass is 10.2. The summed E-state index contributed by atoms with van der Waals surface area (Å²) < 4.78 is 10.4. The van der Waals surface area contributed by atoms with Gasteiger partial charge >= 0.3 is 0 Å². The van der Waals surface area contributed by atoms with Crippen molar-refractivity contribution in [3.05, 3.63) is 23.2 Å². The van der Waals surface area contributed by atoms with Gasteiger partial charge in [-0.25, -0.2) is 0 Å². The number of nitrogens with one attached hydrogen (secondary N) is 2. The van der Waals surface area contributed by atoms with E-state index in [-0.39, 0.29) is 0 Å². The fourth-order valence-corrected chi connectivity index (χ4v) is 1.64. The zero-order valence-corrected chi connectivity index (χ0v) is 12.0. The maximum atomic E-state index is 5.45. The average molecular weight is 269 g/mol. The van der Waals surface area contributed by atoms with Crippen molar-refractivity contribution in [3.63, 3.8) is 0 Å². The van der Waals surface area contributed by atoms with Gasteiger partial charge in [-0.05, 0) is 39.1 Å². The van der Waals surface area contributed by atoms with Gasteiger partial charge in [-0.2, -0.15) is 5.10 Å². The first-order valence-electron chi connectivity index (χ1n) is 5.69. The van der Waals surface area contributed by atoms with Gasteiger partial charge in [0.05, 0.1) is 12.3 Å². The lowest BCUT2D eigenvalue weighted by Gasteiger charge is -2.06. The normalized spacial score (nSPS) is 11.4. The molecule has 0 fully saturated rings. The molecule has 1 aromatic heterocycles. The van der Waals surface area contributed by atoms with Gasteiger partial charge in [-0.3, -0.25) is 5.43 Å². The van der Waals surface area contributed by atoms with E-state index in [9.17, 15) is 0 Å². The van der Waals surface area contributed by atoms with Gasteiger partial charge in [-0.15, -0.1) is 0 Å². The van der Waals surface area contributed by atoms with Gasteiger partial charge in [0.2, 0.25) is 0 Å². The smallest absolute Gasteiger partial charge is 0.187 e. The van der Waals surface area contributed by atoms with Crippen molar-refractivity contribution in [2.75, 3.05) is 20.3 Å². The minimum atomic E-state index is 0.476. The molecule has 0 unspecified atom stereocenters. The van der Waals surface area contributed by atoms with E-state index in [1.807, 2.05) is 26.8 Å². The Kier molecular flexibility index (Phi) is 5.80. The van der Waals surface area contributed by atoms with Crippen LogP contribution in [-0.2, 0) is 4.74 Å². The lowest BCUT2D eigenvalue weighted by molar-refractivity contribution is 0.204. The van der Waals surface area contributed by atoms with Crippen LogP contribution in [0.25, 0.3) is 0 Å². The van der Waals surface area contributed by atoms with E-state index < -0.39 is 0 Å². The van der Waals surface area contributed by atoms with Crippen molar-refractivity contribution in [3.8, 4) is 0 Å². The van der Waals surface area contributed by atoms with Gasteiger partial charge in [0, 0.05) is 19.2 Å². The zero-order chi connectivity index (χ0) is 13.5. The molecule has 18 heavy (non-hydrogen) atoms. The van der Waals surface area contributed by atoms with Crippen molar-refractivity contribution in [2.24, 2.45) is 5.10 Å². The van der Waals surface area contributed by atoms with Crippen LogP contribution in [-0.4, -0.2) is 31.1 Å². The Labute approximate surface area is 113 Å². The van der Waals surface area contributed by atoms with Crippen LogP contribution in [0.3, 0.4) is 0 Å². The first-order chi connectivity index (χ1) is 8.54. The highest BCUT2D eigenvalue weighted by molar-refractivity contribution is 7.80. The third kappa shape index (κ3) is 4.46. The van der Waals surface area contributed by atoms with Crippen molar-refractivity contribution < 1.29 is 9.15 Å². The Hall–Kier alpha value is -1.40. The number of hydrazone groups is 1. The zero-order valence-electron chi connectivity index (χ0n) is 11.2. The van der Waals surface area contributed by atoms with Crippen molar-refractivity contribution in [2.45, 2.75) is 20.8 Å². The summed E-state index contributed by atoms with van der Waals surface area (Å²) in [7, 11) is 1.64. The third-order valence-electron chi connectivity index (χ3n) is 2.35. The molecule has 0 aliphatic heterocycles. The molecule has 1 rings (SSSR count). The van der Waals surface area contributed by atoms with Crippen LogP contribution in [0.2, 0.25) is 0 Å². The van der Waals surface area contributed by atoms with Gasteiger partial charge in [0.15, 0.2) is 5.11 Å².